The van der Waals surface area contributed by atoms with Gasteiger partial charge < -0.3 is 4.42 Å². The van der Waals surface area contributed by atoms with E-state index >= 15 is 0 Å². The van der Waals surface area contributed by atoms with Crippen molar-refractivity contribution in [3.63, 3.8) is 0 Å². The molecular weight excluding hydrogens is 288 g/mol. The van der Waals surface area contributed by atoms with E-state index in [0.717, 1.165) is 17.5 Å². The number of rotatable bonds is 5. The molecule has 1 heterocycles. The van der Waals surface area contributed by atoms with E-state index in [9.17, 15) is 9.59 Å². The third kappa shape index (κ3) is 4.07. The largest absolute Gasteiger partial charge is 0.463 e. The molecular formula is C20H22O3. The highest BCUT2D eigenvalue weighted by molar-refractivity contribution is 5.86. The van der Waals surface area contributed by atoms with E-state index in [2.05, 4.69) is 18.2 Å². The van der Waals surface area contributed by atoms with Crippen LogP contribution in [-0.4, -0.2) is 6.29 Å². The van der Waals surface area contributed by atoms with Crippen molar-refractivity contribution in [3.05, 3.63) is 68.6 Å². The van der Waals surface area contributed by atoms with Crippen molar-refractivity contribution in [1.29, 1.82) is 0 Å². The minimum Gasteiger partial charge on any atom is -0.463 e. The maximum atomic E-state index is 12.4. The molecule has 1 aromatic carbocycles. The summed E-state index contributed by atoms with van der Waals surface area (Å²) in [6, 6.07) is 3.91. The Morgan fingerprint density at radius 1 is 1.04 bits per heavy atom. The molecule has 0 saturated carbocycles. The Bertz CT molecular complexity index is 843. The van der Waals surface area contributed by atoms with Gasteiger partial charge in [-0.05, 0) is 57.7 Å². The van der Waals surface area contributed by atoms with Gasteiger partial charge >= 0.3 is 0 Å². The lowest BCUT2D eigenvalue weighted by Crippen LogP contribution is -2.09. The van der Waals surface area contributed by atoms with Gasteiger partial charge in [0.2, 0.25) is 5.43 Å². The first kappa shape index (κ1) is 16.9. The number of hydrogen-bond acceptors (Lipinski definition) is 3. The maximum Gasteiger partial charge on any atom is 0.203 e. The highest BCUT2D eigenvalue weighted by Gasteiger charge is 2.11. The number of benzene rings is 1. The highest BCUT2D eigenvalue weighted by atomic mass is 16.3. The summed E-state index contributed by atoms with van der Waals surface area (Å²) in [7, 11) is 0. The summed E-state index contributed by atoms with van der Waals surface area (Å²) in [5.41, 5.74) is 4.81. The fourth-order valence-corrected chi connectivity index (χ4v) is 2.38. The number of allylic oxidation sites excluding steroid dienone is 4. The van der Waals surface area contributed by atoms with E-state index in [1.54, 1.807) is 0 Å². The molecule has 0 unspecified atom stereocenters. The number of fused-ring (bicyclic) bond motifs is 1. The lowest BCUT2D eigenvalue weighted by atomic mass is 9.99. The van der Waals surface area contributed by atoms with E-state index in [4.69, 9.17) is 4.42 Å². The monoisotopic (exact) mass is 310 g/mol. The van der Waals surface area contributed by atoms with E-state index in [-0.39, 0.29) is 11.0 Å². The van der Waals surface area contributed by atoms with Gasteiger partial charge in [0.05, 0.1) is 10.9 Å². The second kappa shape index (κ2) is 7.23. The average Bonchev–Trinajstić information content (AvgIpc) is 2.51. The molecule has 1 aromatic heterocycles. The molecule has 120 valence electrons. The van der Waals surface area contributed by atoms with Crippen LogP contribution >= 0.6 is 0 Å². The number of carbonyl (C=O) groups is 1. The average molecular weight is 310 g/mol. The standard InChI is InChI=1S/C20H22O3/c1-13(2)5-7-15-9-16(8-6-14(3)4)20-18(10-15)19(22)17(11-21)12-23-20/h5-6,9-12H,7-8H2,1-4H3. The molecule has 0 atom stereocenters. The smallest absolute Gasteiger partial charge is 0.203 e. The van der Waals surface area contributed by atoms with Gasteiger partial charge in [-0.3, -0.25) is 9.59 Å². The molecule has 0 aliphatic rings. The first-order valence-corrected chi connectivity index (χ1v) is 7.71. The first-order chi connectivity index (χ1) is 10.9. The minimum atomic E-state index is -0.265. The van der Waals surface area contributed by atoms with Gasteiger partial charge in [0, 0.05) is 0 Å². The van der Waals surface area contributed by atoms with Crippen molar-refractivity contribution in [2.45, 2.75) is 40.5 Å². The fourth-order valence-electron chi connectivity index (χ4n) is 2.38. The maximum absolute atomic E-state index is 12.4. The molecule has 2 aromatic rings. The quantitative estimate of drug-likeness (QED) is 0.598. The van der Waals surface area contributed by atoms with E-state index in [0.29, 0.717) is 23.7 Å². The Balaban J connectivity index is 2.67. The van der Waals surface area contributed by atoms with Gasteiger partial charge in [0.25, 0.3) is 0 Å². The van der Waals surface area contributed by atoms with Crippen LogP contribution in [0.2, 0.25) is 0 Å². The van der Waals surface area contributed by atoms with Crippen LogP contribution in [0, 0.1) is 0 Å². The lowest BCUT2D eigenvalue weighted by molar-refractivity contribution is 0.112. The Hall–Kier alpha value is -2.42. The molecule has 23 heavy (non-hydrogen) atoms. The molecule has 0 spiro atoms. The normalized spacial score (nSPS) is 10.4. The van der Waals surface area contributed by atoms with Gasteiger partial charge in [-0.2, -0.15) is 0 Å². The molecule has 0 aliphatic heterocycles. The van der Waals surface area contributed by atoms with Crippen LogP contribution < -0.4 is 5.43 Å². The summed E-state index contributed by atoms with van der Waals surface area (Å²) in [6.45, 7) is 8.17. The predicted octanol–water partition coefficient (Wildman–Crippen LogP) is 4.62. The molecule has 0 N–H and O–H groups in total. The zero-order valence-electron chi connectivity index (χ0n) is 14.1. The van der Waals surface area contributed by atoms with Crippen LogP contribution in [0.1, 0.15) is 49.2 Å². The molecule has 0 bridgehead atoms. The summed E-state index contributed by atoms with van der Waals surface area (Å²) in [5.74, 6) is 0. The summed E-state index contributed by atoms with van der Waals surface area (Å²) in [6.07, 6.45) is 7.48. The first-order valence-electron chi connectivity index (χ1n) is 7.71. The zero-order valence-corrected chi connectivity index (χ0v) is 14.1. The second-order valence-electron chi connectivity index (χ2n) is 6.24. The molecule has 0 fully saturated rings. The fraction of sp³-hybridized carbons (Fsp3) is 0.300. The van der Waals surface area contributed by atoms with Crippen molar-refractivity contribution in [1.82, 2.24) is 0 Å². The summed E-state index contributed by atoms with van der Waals surface area (Å²) in [4.78, 5) is 23.4. The predicted molar refractivity (Wildman–Crippen MR) is 94.1 cm³/mol. The topological polar surface area (TPSA) is 47.3 Å². The molecule has 0 radical (unpaired) electrons. The third-order valence-electron chi connectivity index (χ3n) is 3.64. The molecule has 0 saturated heterocycles. The molecule has 0 amide bonds. The van der Waals surface area contributed by atoms with Gasteiger partial charge in [0.1, 0.15) is 11.8 Å². The summed E-state index contributed by atoms with van der Waals surface area (Å²) < 4.78 is 5.58. The Labute approximate surface area is 136 Å². The third-order valence-corrected chi connectivity index (χ3v) is 3.64. The Morgan fingerprint density at radius 2 is 1.70 bits per heavy atom. The van der Waals surface area contributed by atoms with Gasteiger partial charge in [0.15, 0.2) is 6.29 Å². The molecule has 0 aliphatic carbocycles. The number of aldehydes is 1. The minimum absolute atomic E-state index is 0.0602. The SMILES string of the molecule is CC(C)=CCc1cc(CC=C(C)C)c2occ(C=O)c(=O)c2c1. The van der Waals surface area contributed by atoms with E-state index in [1.165, 1.54) is 17.4 Å². The van der Waals surface area contributed by atoms with Gasteiger partial charge in [-0.15, -0.1) is 0 Å². The van der Waals surface area contributed by atoms with Crippen molar-refractivity contribution >= 4 is 17.3 Å². The molecule has 3 heteroatoms. The number of hydrogen-bond donors (Lipinski definition) is 0. The van der Waals surface area contributed by atoms with Crippen molar-refractivity contribution in [2.75, 3.05) is 0 Å². The summed E-state index contributed by atoms with van der Waals surface area (Å²) >= 11 is 0. The van der Waals surface area contributed by atoms with Crippen molar-refractivity contribution < 1.29 is 9.21 Å². The van der Waals surface area contributed by atoms with Crippen LogP contribution in [0.3, 0.4) is 0 Å². The summed E-state index contributed by atoms with van der Waals surface area (Å²) in [5, 5.41) is 0.478. The van der Waals surface area contributed by atoms with E-state index < -0.39 is 0 Å². The van der Waals surface area contributed by atoms with Crippen LogP contribution in [0.25, 0.3) is 11.0 Å². The van der Waals surface area contributed by atoms with Gasteiger partial charge in [-0.1, -0.05) is 29.4 Å². The van der Waals surface area contributed by atoms with Crippen LogP contribution in [0.5, 0.6) is 0 Å². The molecule has 3 nitrogen and oxygen atoms in total. The lowest BCUT2D eigenvalue weighted by Gasteiger charge is -2.08. The second-order valence-corrected chi connectivity index (χ2v) is 6.24. The Kier molecular flexibility index (Phi) is 5.32. The van der Waals surface area contributed by atoms with Crippen molar-refractivity contribution in [2.24, 2.45) is 0 Å². The zero-order chi connectivity index (χ0) is 17.0. The van der Waals surface area contributed by atoms with Crippen LogP contribution in [0.4, 0.5) is 0 Å². The Morgan fingerprint density at radius 3 is 2.30 bits per heavy atom. The van der Waals surface area contributed by atoms with E-state index in [1.807, 2.05) is 33.8 Å². The molecule has 2 rings (SSSR count). The van der Waals surface area contributed by atoms with Gasteiger partial charge in [-0.25, -0.2) is 0 Å². The van der Waals surface area contributed by atoms with Crippen LogP contribution in [0.15, 0.2) is 50.9 Å². The highest BCUT2D eigenvalue weighted by Crippen LogP contribution is 2.21. The van der Waals surface area contributed by atoms with Crippen LogP contribution in [-0.2, 0) is 12.8 Å². The van der Waals surface area contributed by atoms with Crippen molar-refractivity contribution in [3.8, 4) is 0 Å². The number of carbonyl (C=O) groups excluding carboxylic acids is 1.